The molecule has 9 N–H and O–H groups in total. The first kappa shape index (κ1) is 40.6. The Morgan fingerprint density at radius 2 is 1.20 bits per heavy atom. The fourth-order valence-electron chi connectivity index (χ4n) is 4.20. The van der Waals surface area contributed by atoms with E-state index in [1.54, 1.807) is 48.5 Å². The van der Waals surface area contributed by atoms with Crippen molar-refractivity contribution in [1.82, 2.24) is 46.8 Å². The van der Waals surface area contributed by atoms with Crippen LogP contribution < -0.4 is 42.1 Å². The second kappa shape index (κ2) is 19.4. The van der Waals surface area contributed by atoms with Gasteiger partial charge in [0.05, 0.1) is 0 Å². The zero-order chi connectivity index (χ0) is 37.4. The van der Waals surface area contributed by atoms with Gasteiger partial charge >= 0.3 is 30.3 Å². The SMILES string of the molecule is C[C@H](CNC(=O)N(Cc1ccccc1)[C@@H](C)CNC(=O)On1c(O)ccc1O)NC(=O)NC[C@H](C)NC(=O)NC[C@@H](C)NC(=O)OC(C)(C)C. The molecule has 0 aliphatic heterocycles. The minimum atomic E-state index is -0.963. The highest BCUT2D eigenvalue weighted by molar-refractivity contribution is 5.77. The third kappa shape index (κ3) is 15.6. The van der Waals surface area contributed by atoms with E-state index in [2.05, 4.69) is 37.2 Å². The minimum Gasteiger partial charge on any atom is -0.492 e. The lowest BCUT2D eigenvalue weighted by atomic mass is 10.2. The smallest absolute Gasteiger partial charge is 0.432 e. The summed E-state index contributed by atoms with van der Waals surface area (Å²) >= 11 is 0. The Morgan fingerprint density at radius 3 is 1.72 bits per heavy atom. The Kier molecular flexibility index (Phi) is 15.8. The van der Waals surface area contributed by atoms with Crippen molar-refractivity contribution in [3.8, 4) is 11.8 Å². The summed E-state index contributed by atoms with van der Waals surface area (Å²) in [5.74, 6) is -0.947. The first-order valence-corrected chi connectivity index (χ1v) is 16.2. The van der Waals surface area contributed by atoms with Crippen molar-refractivity contribution in [2.75, 3.05) is 26.2 Å². The van der Waals surface area contributed by atoms with Gasteiger partial charge in [-0.25, -0.2) is 24.0 Å². The van der Waals surface area contributed by atoms with Crippen LogP contribution in [0.25, 0.3) is 0 Å². The van der Waals surface area contributed by atoms with Crippen molar-refractivity contribution in [2.24, 2.45) is 0 Å². The number of nitrogens with zero attached hydrogens (tertiary/aromatic N) is 2. The number of aromatic hydroxyl groups is 2. The highest BCUT2D eigenvalue weighted by Crippen LogP contribution is 2.18. The number of carbonyl (C=O) groups is 5. The van der Waals surface area contributed by atoms with Gasteiger partial charge in [-0.2, -0.15) is 0 Å². The lowest BCUT2D eigenvalue weighted by molar-refractivity contribution is 0.0508. The van der Waals surface area contributed by atoms with E-state index in [1.807, 2.05) is 30.3 Å². The van der Waals surface area contributed by atoms with Crippen LogP contribution >= 0.6 is 0 Å². The molecule has 2 rings (SSSR count). The Balaban J connectivity index is 1.78. The summed E-state index contributed by atoms with van der Waals surface area (Å²) < 4.78 is 5.73. The van der Waals surface area contributed by atoms with E-state index in [9.17, 15) is 34.2 Å². The average molecular weight is 706 g/mol. The van der Waals surface area contributed by atoms with Gasteiger partial charge in [0.1, 0.15) is 5.60 Å². The zero-order valence-electron chi connectivity index (χ0n) is 29.5. The van der Waals surface area contributed by atoms with Crippen molar-refractivity contribution in [1.29, 1.82) is 0 Å². The number of benzene rings is 1. The maximum Gasteiger partial charge on any atom is 0.432 e. The van der Waals surface area contributed by atoms with Gasteiger partial charge in [-0.05, 0) is 54.0 Å². The largest absolute Gasteiger partial charge is 0.492 e. The summed E-state index contributed by atoms with van der Waals surface area (Å²) in [6, 6.07) is 8.26. The molecule has 0 spiro atoms. The van der Waals surface area contributed by atoms with Gasteiger partial charge in [-0.15, -0.1) is 4.73 Å². The maximum absolute atomic E-state index is 13.3. The molecule has 1 heterocycles. The van der Waals surface area contributed by atoms with Crippen LogP contribution in [0.2, 0.25) is 0 Å². The second-order valence-corrected chi connectivity index (χ2v) is 12.8. The van der Waals surface area contributed by atoms with E-state index >= 15 is 0 Å². The molecule has 278 valence electrons. The molecule has 0 bridgehead atoms. The number of alkyl carbamates (subject to hydrolysis) is 1. The predicted octanol–water partition coefficient (Wildman–Crippen LogP) is 1.93. The molecule has 0 unspecified atom stereocenters. The van der Waals surface area contributed by atoms with E-state index in [0.717, 1.165) is 17.7 Å². The standard InChI is InChI=1S/C32H51N9O9/c1-20(37-28(45)34-16-22(3)39-31(48)49-32(5,6)7)15-33-27(44)38-21(2)17-35-29(46)40(19-24-11-9-8-10-12-24)23(4)18-36-30(47)50-41-25(42)13-14-26(41)43/h8-14,20-23,42-43H,15-19H2,1-7H3,(H,35,46)(H,36,47)(H,39,48)(H2,33,38,44)(H2,34,37,45)/t20-,21+,22+,23-/m0/s1. The van der Waals surface area contributed by atoms with Crippen LogP contribution in [0, 0.1) is 0 Å². The Hall–Kier alpha value is -5.55. The lowest BCUT2D eigenvalue weighted by Crippen LogP contribution is -2.53. The summed E-state index contributed by atoms with van der Waals surface area (Å²) in [6.45, 7) is 12.6. The molecule has 4 atom stereocenters. The number of amides is 8. The van der Waals surface area contributed by atoms with Gasteiger partial charge in [0.25, 0.3) is 0 Å². The predicted molar refractivity (Wildman–Crippen MR) is 183 cm³/mol. The summed E-state index contributed by atoms with van der Waals surface area (Å²) in [7, 11) is 0. The third-order valence-corrected chi connectivity index (χ3v) is 6.72. The molecule has 0 radical (unpaired) electrons. The fraction of sp³-hybridized carbons (Fsp3) is 0.531. The molecule has 0 saturated heterocycles. The molecule has 18 heteroatoms. The van der Waals surface area contributed by atoms with Crippen LogP contribution in [0.4, 0.5) is 24.0 Å². The van der Waals surface area contributed by atoms with Gasteiger partial charge in [-0.3, -0.25) is 0 Å². The Bertz CT molecular complexity index is 1400. The van der Waals surface area contributed by atoms with Crippen LogP contribution in [-0.2, 0) is 11.3 Å². The first-order valence-electron chi connectivity index (χ1n) is 16.2. The van der Waals surface area contributed by atoms with E-state index in [0.29, 0.717) is 4.73 Å². The molecular weight excluding hydrogens is 654 g/mol. The lowest BCUT2D eigenvalue weighted by Gasteiger charge is -2.30. The number of rotatable bonds is 15. The molecule has 18 nitrogen and oxygen atoms in total. The highest BCUT2D eigenvalue weighted by Gasteiger charge is 2.23. The van der Waals surface area contributed by atoms with Gasteiger partial charge in [0.2, 0.25) is 11.8 Å². The summed E-state index contributed by atoms with van der Waals surface area (Å²) in [4.78, 5) is 68.5. The van der Waals surface area contributed by atoms with Crippen LogP contribution in [0.5, 0.6) is 11.8 Å². The molecule has 1 aromatic heterocycles. The van der Waals surface area contributed by atoms with E-state index < -0.39 is 65.8 Å². The van der Waals surface area contributed by atoms with Crippen molar-refractivity contribution in [3.63, 3.8) is 0 Å². The van der Waals surface area contributed by atoms with Crippen LogP contribution in [0.1, 0.15) is 54.0 Å². The van der Waals surface area contributed by atoms with Crippen LogP contribution in [-0.4, -0.2) is 106 Å². The molecule has 0 aliphatic rings. The number of aromatic nitrogens is 1. The van der Waals surface area contributed by atoms with Crippen LogP contribution in [0.3, 0.4) is 0 Å². The quantitative estimate of drug-likeness (QED) is 0.131. The molecule has 0 aliphatic carbocycles. The summed E-state index contributed by atoms with van der Waals surface area (Å²) in [5, 5.41) is 38.0. The summed E-state index contributed by atoms with van der Waals surface area (Å²) in [6.07, 6.45) is -1.55. The van der Waals surface area contributed by atoms with Gasteiger partial charge < -0.3 is 61.9 Å². The number of nitrogens with one attached hydrogen (secondary N) is 7. The number of hydrogen-bond acceptors (Lipinski definition) is 9. The fourth-order valence-corrected chi connectivity index (χ4v) is 4.20. The van der Waals surface area contributed by atoms with Crippen molar-refractivity contribution in [2.45, 2.75) is 84.8 Å². The van der Waals surface area contributed by atoms with Gasteiger partial charge in [-0.1, -0.05) is 30.3 Å². The zero-order valence-corrected chi connectivity index (χ0v) is 29.5. The Morgan fingerprint density at radius 1 is 0.700 bits per heavy atom. The first-order chi connectivity index (χ1) is 23.4. The van der Waals surface area contributed by atoms with Gasteiger partial charge in [0, 0.05) is 69.0 Å². The molecule has 1 aromatic carbocycles. The molecule has 0 saturated carbocycles. The van der Waals surface area contributed by atoms with E-state index in [-0.39, 0.29) is 38.8 Å². The molecule has 50 heavy (non-hydrogen) atoms. The number of carbonyl (C=O) groups excluding carboxylic acids is 5. The average Bonchev–Trinajstić information content (AvgIpc) is 3.34. The monoisotopic (exact) mass is 705 g/mol. The van der Waals surface area contributed by atoms with Gasteiger partial charge in [0.15, 0.2) is 0 Å². The van der Waals surface area contributed by atoms with E-state index in [4.69, 9.17) is 9.57 Å². The van der Waals surface area contributed by atoms with Crippen molar-refractivity contribution < 1.29 is 43.8 Å². The Labute approximate surface area is 291 Å². The third-order valence-electron chi connectivity index (χ3n) is 6.72. The number of hydrogen-bond donors (Lipinski definition) is 9. The minimum absolute atomic E-state index is 0.0235. The normalized spacial score (nSPS) is 13.3. The van der Waals surface area contributed by atoms with Crippen LogP contribution in [0.15, 0.2) is 42.5 Å². The molecule has 8 amide bonds. The molecular formula is C32H51N9O9. The summed E-state index contributed by atoms with van der Waals surface area (Å²) in [5.41, 5.74) is 0.203. The second-order valence-electron chi connectivity index (χ2n) is 12.8. The van der Waals surface area contributed by atoms with E-state index in [1.165, 1.54) is 4.90 Å². The number of ether oxygens (including phenoxy) is 1. The topological polar surface area (TPSA) is 237 Å². The molecule has 2 aromatic rings. The van der Waals surface area contributed by atoms with Crippen molar-refractivity contribution in [3.05, 3.63) is 48.0 Å². The van der Waals surface area contributed by atoms with Crippen molar-refractivity contribution >= 4 is 30.3 Å². The number of urea groups is 3. The molecule has 0 fully saturated rings. The highest BCUT2D eigenvalue weighted by atomic mass is 16.7. The maximum atomic E-state index is 13.3.